The van der Waals surface area contributed by atoms with Gasteiger partial charge in [-0.3, -0.25) is 10.1 Å². The molecular weight excluding hydrogens is 272 g/mol. The molecule has 1 fully saturated rings. The summed E-state index contributed by atoms with van der Waals surface area (Å²) in [6, 6.07) is 5.67. The number of nitro groups is 1. The molecule has 1 aliphatic heterocycles. The molecule has 7 nitrogen and oxygen atoms in total. The molecule has 0 radical (unpaired) electrons. The highest BCUT2D eigenvalue weighted by atomic mass is 16.6. The van der Waals surface area contributed by atoms with E-state index in [0.29, 0.717) is 18.2 Å². The van der Waals surface area contributed by atoms with Crippen molar-refractivity contribution in [3.8, 4) is 0 Å². The quantitative estimate of drug-likeness (QED) is 0.656. The van der Waals surface area contributed by atoms with Gasteiger partial charge < -0.3 is 16.0 Å². The zero-order valence-electron chi connectivity index (χ0n) is 11.8. The maximum absolute atomic E-state index is 12.2. The van der Waals surface area contributed by atoms with Crippen LogP contribution in [0.15, 0.2) is 24.3 Å². The third-order valence-corrected chi connectivity index (χ3v) is 3.71. The van der Waals surface area contributed by atoms with E-state index in [0.717, 1.165) is 32.4 Å². The summed E-state index contributed by atoms with van der Waals surface area (Å²) in [5.74, 6) is 0.464. The summed E-state index contributed by atoms with van der Waals surface area (Å²) < 4.78 is 0. The first kappa shape index (κ1) is 15.2. The molecule has 0 aromatic heterocycles. The van der Waals surface area contributed by atoms with E-state index in [1.54, 1.807) is 4.90 Å². The summed E-state index contributed by atoms with van der Waals surface area (Å²) in [5.41, 5.74) is 6.14. The van der Waals surface area contributed by atoms with Gasteiger partial charge in [-0.05, 0) is 43.9 Å². The lowest BCUT2D eigenvalue weighted by Crippen LogP contribution is -2.42. The Morgan fingerprint density at radius 1 is 1.43 bits per heavy atom. The first-order valence-electron chi connectivity index (χ1n) is 7.10. The molecule has 21 heavy (non-hydrogen) atoms. The monoisotopic (exact) mass is 292 g/mol. The summed E-state index contributed by atoms with van der Waals surface area (Å²) in [6.45, 7) is 2.10. The van der Waals surface area contributed by atoms with E-state index < -0.39 is 4.92 Å². The number of piperidine rings is 1. The van der Waals surface area contributed by atoms with Gasteiger partial charge in [-0.1, -0.05) is 0 Å². The zero-order chi connectivity index (χ0) is 15.2. The highest BCUT2D eigenvalue weighted by molar-refractivity contribution is 5.89. The van der Waals surface area contributed by atoms with Crippen molar-refractivity contribution in [2.75, 3.05) is 25.0 Å². The molecule has 1 aliphatic rings. The summed E-state index contributed by atoms with van der Waals surface area (Å²) in [7, 11) is 0. The molecule has 1 aromatic carbocycles. The number of nitrogens with one attached hydrogen (secondary N) is 1. The number of hydrogen-bond donors (Lipinski definition) is 2. The molecule has 3 N–H and O–H groups in total. The number of non-ortho nitro benzene ring substituents is 1. The zero-order valence-corrected chi connectivity index (χ0v) is 11.8. The van der Waals surface area contributed by atoms with Gasteiger partial charge in [0.2, 0.25) is 0 Å². The fourth-order valence-electron chi connectivity index (χ4n) is 2.59. The number of likely N-dealkylation sites (tertiary alicyclic amines) is 1. The Bertz CT molecular complexity index is 501. The highest BCUT2D eigenvalue weighted by Crippen LogP contribution is 2.21. The number of amides is 2. The number of urea groups is 1. The van der Waals surface area contributed by atoms with Crippen LogP contribution < -0.4 is 11.1 Å². The van der Waals surface area contributed by atoms with Crippen molar-refractivity contribution in [2.45, 2.75) is 19.3 Å². The van der Waals surface area contributed by atoms with E-state index in [1.807, 2.05) is 0 Å². The van der Waals surface area contributed by atoms with Gasteiger partial charge in [0.05, 0.1) is 4.92 Å². The molecule has 1 heterocycles. The van der Waals surface area contributed by atoms with E-state index in [-0.39, 0.29) is 11.7 Å². The molecule has 7 heteroatoms. The van der Waals surface area contributed by atoms with Crippen LogP contribution in [0.5, 0.6) is 0 Å². The molecule has 1 unspecified atom stereocenters. The second-order valence-electron chi connectivity index (χ2n) is 5.27. The number of benzene rings is 1. The van der Waals surface area contributed by atoms with Crippen molar-refractivity contribution in [3.63, 3.8) is 0 Å². The SMILES string of the molecule is NCCC1CCCN(C(=O)Nc2ccc([N+](=O)[O-])cc2)C1. The lowest BCUT2D eigenvalue weighted by molar-refractivity contribution is -0.384. The minimum Gasteiger partial charge on any atom is -0.330 e. The predicted molar refractivity (Wildman–Crippen MR) is 80.1 cm³/mol. The van der Waals surface area contributed by atoms with Crippen molar-refractivity contribution in [1.29, 1.82) is 0 Å². The smallest absolute Gasteiger partial charge is 0.321 e. The Kier molecular flexibility index (Phi) is 5.10. The van der Waals surface area contributed by atoms with Gasteiger partial charge in [-0.2, -0.15) is 0 Å². The van der Waals surface area contributed by atoms with Crippen LogP contribution in [0.2, 0.25) is 0 Å². The van der Waals surface area contributed by atoms with Crippen molar-refractivity contribution in [1.82, 2.24) is 4.90 Å². The molecule has 114 valence electrons. The summed E-state index contributed by atoms with van der Waals surface area (Å²) in [4.78, 5) is 24.1. The molecule has 1 aromatic rings. The van der Waals surface area contributed by atoms with Gasteiger partial charge in [0.15, 0.2) is 0 Å². The van der Waals surface area contributed by atoms with Crippen molar-refractivity contribution in [2.24, 2.45) is 11.7 Å². The molecule has 0 bridgehead atoms. The Balaban J connectivity index is 1.92. The number of nitrogens with zero attached hydrogens (tertiary/aromatic N) is 2. The van der Waals surface area contributed by atoms with Crippen molar-refractivity contribution < 1.29 is 9.72 Å². The highest BCUT2D eigenvalue weighted by Gasteiger charge is 2.23. The Morgan fingerprint density at radius 3 is 2.76 bits per heavy atom. The molecular formula is C14H20N4O3. The van der Waals surface area contributed by atoms with Gasteiger partial charge in [-0.15, -0.1) is 0 Å². The molecule has 2 rings (SSSR count). The topological polar surface area (TPSA) is 102 Å². The molecule has 1 saturated heterocycles. The van der Waals surface area contributed by atoms with E-state index in [1.165, 1.54) is 24.3 Å². The first-order valence-corrected chi connectivity index (χ1v) is 7.10. The van der Waals surface area contributed by atoms with Crippen LogP contribution in [0.25, 0.3) is 0 Å². The minimum atomic E-state index is -0.465. The lowest BCUT2D eigenvalue weighted by atomic mass is 9.95. The van der Waals surface area contributed by atoms with Crippen molar-refractivity contribution >= 4 is 17.4 Å². The third kappa shape index (κ3) is 4.16. The van der Waals surface area contributed by atoms with Crippen LogP contribution in [0.3, 0.4) is 0 Å². The molecule has 0 saturated carbocycles. The normalized spacial score (nSPS) is 18.3. The number of hydrogen-bond acceptors (Lipinski definition) is 4. The number of rotatable bonds is 4. The number of nitrogens with two attached hydrogens (primary N) is 1. The number of anilines is 1. The molecule has 0 spiro atoms. The number of carbonyl (C=O) groups excluding carboxylic acids is 1. The van der Waals surface area contributed by atoms with Gasteiger partial charge in [0.1, 0.15) is 0 Å². The summed E-state index contributed by atoms with van der Waals surface area (Å²) in [6.07, 6.45) is 3.03. The molecule has 2 amide bonds. The Labute approximate surface area is 123 Å². The summed E-state index contributed by atoms with van der Waals surface area (Å²) >= 11 is 0. The maximum atomic E-state index is 12.2. The fourth-order valence-corrected chi connectivity index (χ4v) is 2.59. The van der Waals surface area contributed by atoms with E-state index in [4.69, 9.17) is 5.73 Å². The van der Waals surface area contributed by atoms with Gasteiger partial charge in [-0.25, -0.2) is 4.79 Å². The molecule has 0 aliphatic carbocycles. The lowest BCUT2D eigenvalue weighted by Gasteiger charge is -2.32. The Hall–Kier alpha value is -2.15. The standard InChI is InChI=1S/C14H20N4O3/c15-8-7-11-2-1-9-17(10-11)14(19)16-12-3-5-13(6-4-12)18(20)21/h3-6,11H,1-2,7-10,15H2,(H,16,19). The van der Waals surface area contributed by atoms with Crippen LogP contribution >= 0.6 is 0 Å². The van der Waals surface area contributed by atoms with Crippen molar-refractivity contribution in [3.05, 3.63) is 34.4 Å². The summed E-state index contributed by atoms with van der Waals surface area (Å²) in [5, 5.41) is 13.4. The van der Waals surface area contributed by atoms with E-state index in [2.05, 4.69) is 5.32 Å². The van der Waals surface area contributed by atoms with Crippen LogP contribution in [0.4, 0.5) is 16.2 Å². The average molecular weight is 292 g/mol. The second-order valence-corrected chi connectivity index (χ2v) is 5.27. The largest absolute Gasteiger partial charge is 0.330 e. The number of carbonyl (C=O) groups is 1. The number of nitro benzene ring substituents is 1. The van der Waals surface area contributed by atoms with Gasteiger partial charge in [0, 0.05) is 30.9 Å². The minimum absolute atomic E-state index is 0.00832. The van der Waals surface area contributed by atoms with E-state index >= 15 is 0 Å². The second kappa shape index (κ2) is 7.03. The van der Waals surface area contributed by atoms with E-state index in [9.17, 15) is 14.9 Å². The first-order chi connectivity index (χ1) is 10.1. The predicted octanol–water partition coefficient (Wildman–Crippen LogP) is 2.19. The van der Waals surface area contributed by atoms with Gasteiger partial charge >= 0.3 is 6.03 Å². The van der Waals surface area contributed by atoms with Gasteiger partial charge in [0.25, 0.3) is 5.69 Å². The van der Waals surface area contributed by atoms with Crippen LogP contribution in [-0.4, -0.2) is 35.5 Å². The average Bonchev–Trinajstić information content (AvgIpc) is 2.48. The fraction of sp³-hybridized carbons (Fsp3) is 0.500. The van der Waals surface area contributed by atoms with Crippen LogP contribution in [0, 0.1) is 16.0 Å². The molecule has 1 atom stereocenters. The van der Waals surface area contributed by atoms with Crippen LogP contribution in [0.1, 0.15) is 19.3 Å². The van der Waals surface area contributed by atoms with Crippen LogP contribution in [-0.2, 0) is 0 Å². The third-order valence-electron chi connectivity index (χ3n) is 3.71. The Morgan fingerprint density at radius 2 is 2.14 bits per heavy atom. The maximum Gasteiger partial charge on any atom is 0.321 e.